The molecule has 0 aliphatic rings. The Bertz CT molecular complexity index is 439. The van der Waals surface area contributed by atoms with Crippen LogP contribution in [0, 0.1) is 0 Å². The van der Waals surface area contributed by atoms with Crippen LogP contribution >= 0.6 is 11.3 Å². The molecule has 1 aromatic carbocycles. The minimum Gasteiger partial charge on any atom is -0.399 e. The first-order valence-electron chi connectivity index (χ1n) is 5.23. The number of thiazole rings is 1. The highest BCUT2D eigenvalue weighted by atomic mass is 32.1. The molecule has 3 nitrogen and oxygen atoms in total. The van der Waals surface area contributed by atoms with Gasteiger partial charge >= 0.3 is 0 Å². The van der Waals surface area contributed by atoms with Crippen LogP contribution < -0.4 is 11.1 Å². The van der Waals surface area contributed by atoms with Gasteiger partial charge in [-0.25, -0.2) is 4.98 Å². The monoisotopic (exact) mass is 233 g/mol. The molecule has 2 aromatic rings. The molecule has 16 heavy (non-hydrogen) atoms. The Hall–Kier alpha value is -1.39. The number of hydrogen-bond donors (Lipinski definition) is 2. The smallest absolute Gasteiger partial charge is 0.109 e. The second-order valence-electron chi connectivity index (χ2n) is 3.72. The number of nitrogens with one attached hydrogen (secondary N) is 1. The molecule has 0 radical (unpaired) electrons. The molecule has 0 bridgehead atoms. The lowest BCUT2D eigenvalue weighted by Crippen LogP contribution is -2.17. The number of benzene rings is 1. The summed E-state index contributed by atoms with van der Waals surface area (Å²) in [5.41, 5.74) is 7.73. The Morgan fingerprint density at radius 2 is 2.38 bits per heavy atom. The zero-order chi connectivity index (χ0) is 11.4. The maximum atomic E-state index is 5.72. The van der Waals surface area contributed by atoms with Crippen molar-refractivity contribution in [1.29, 1.82) is 0 Å². The molecule has 0 spiro atoms. The van der Waals surface area contributed by atoms with Gasteiger partial charge in [-0.3, -0.25) is 0 Å². The number of nitrogen functional groups attached to an aromatic ring is 1. The number of nitrogens with two attached hydrogens (primary N) is 1. The first kappa shape index (κ1) is 11.1. The van der Waals surface area contributed by atoms with Crippen molar-refractivity contribution in [2.24, 2.45) is 0 Å². The van der Waals surface area contributed by atoms with E-state index in [1.54, 1.807) is 11.3 Å². The van der Waals surface area contributed by atoms with Crippen molar-refractivity contribution in [3.05, 3.63) is 46.4 Å². The van der Waals surface area contributed by atoms with Gasteiger partial charge in [-0.15, -0.1) is 11.3 Å². The third-order valence-electron chi connectivity index (χ3n) is 2.39. The third kappa shape index (κ3) is 2.81. The third-order valence-corrected chi connectivity index (χ3v) is 3.34. The van der Waals surface area contributed by atoms with Crippen molar-refractivity contribution in [3.63, 3.8) is 0 Å². The van der Waals surface area contributed by atoms with Gasteiger partial charge in [-0.05, 0) is 24.6 Å². The summed E-state index contributed by atoms with van der Waals surface area (Å²) < 4.78 is 0. The number of anilines is 1. The van der Waals surface area contributed by atoms with Crippen LogP contribution in [-0.2, 0) is 6.54 Å². The maximum Gasteiger partial charge on any atom is 0.109 e. The minimum absolute atomic E-state index is 0.279. The van der Waals surface area contributed by atoms with Crippen molar-refractivity contribution in [1.82, 2.24) is 10.3 Å². The van der Waals surface area contributed by atoms with E-state index in [0.717, 1.165) is 17.2 Å². The zero-order valence-corrected chi connectivity index (χ0v) is 10.00. The van der Waals surface area contributed by atoms with Gasteiger partial charge in [0.25, 0.3) is 0 Å². The highest BCUT2D eigenvalue weighted by Crippen LogP contribution is 2.15. The SMILES string of the molecule is CC(NCc1cccc(N)c1)c1nccs1. The van der Waals surface area contributed by atoms with E-state index in [-0.39, 0.29) is 6.04 Å². The van der Waals surface area contributed by atoms with E-state index in [0.29, 0.717) is 0 Å². The molecule has 0 fully saturated rings. The van der Waals surface area contributed by atoms with Gasteiger partial charge in [0.15, 0.2) is 0 Å². The van der Waals surface area contributed by atoms with Gasteiger partial charge in [0.05, 0.1) is 6.04 Å². The molecule has 1 heterocycles. The van der Waals surface area contributed by atoms with Crippen LogP contribution in [0.2, 0.25) is 0 Å². The van der Waals surface area contributed by atoms with Crippen molar-refractivity contribution in [2.75, 3.05) is 5.73 Å². The molecule has 2 rings (SSSR count). The van der Waals surface area contributed by atoms with Crippen LogP contribution in [0.1, 0.15) is 23.5 Å². The summed E-state index contributed by atoms with van der Waals surface area (Å²) in [7, 11) is 0. The Balaban J connectivity index is 1.92. The van der Waals surface area contributed by atoms with Crippen LogP contribution in [0.3, 0.4) is 0 Å². The molecule has 1 unspecified atom stereocenters. The van der Waals surface area contributed by atoms with E-state index in [1.165, 1.54) is 5.56 Å². The van der Waals surface area contributed by atoms with E-state index < -0.39 is 0 Å². The summed E-state index contributed by atoms with van der Waals surface area (Å²) in [6, 6.07) is 8.20. The quantitative estimate of drug-likeness (QED) is 0.798. The molecular weight excluding hydrogens is 218 g/mol. The lowest BCUT2D eigenvalue weighted by atomic mass is 10.2. The average molecular weight is 233 g/mol. The summed E-state index contributed by atoms with van der Waals surface area (Å²) >= 11 is 1.67. The van der Waals surface area contributed by atoms with E-state index in [2.05, 4.69) is 23.3 Å². The molecule has 4 heteroatoms. The van der Waals surface area contributed by atoms with Crippen molar-refractivity contribution in [2.45, 2.75) is 19.5 Å². The predicted molar refractivity (Wildman–Crippen MR) is 68.2 cm³/mol. The largest absolute Gasteiger partial charge is 0.399 e. The first-order chi connectivity index (χ1) is 7.75. The summed E-state index contributed by atoms with van der Waals surface area (Å²) in [4.78, 5) is 4.28. The Kier molecular flexibility index (Phi) is 3.54. The fraction of sp³-hybridized carbons (Fsp3) is 0.250. The van der Waals surface area contributed by atoms with E-state index in [9.17, 15) is 0 Å². The molecule has 0 saturated heterocycles. The summed E-state index contributed by atoms with van der Waals surface area (Å²) in [6.45, 7) is 2.93. The number of hydrogen-bond acceptors (Lipinski definition) is 4. The summed E-state index contributed by atoms with van der Waals surface area (Å²) in [5, 5.41) is 6.53. The normalized spacial score (nSPS) is 12.6. The second kappa shape index (κ2) is 5.09. The van der Waals surface area contributed by atoms with Crippen LogP contribution in [0.4, 0.5) is 5.69 Å². The van der Waals surface area contributed by atoms with Crippen LogP contribution in [0.15, 0.2) is 35.8 Å². The van der Waals surface area contributed by atoms with Gasteiger partial charge in [-0.2, -0.15) is 0 Å². The standard InChI is InChI=1S/C12H15N3S/c1-9(12-14-5-6-16-12)15-8-10-3-2-4-11(13)7-10/h2-7,9,15H,8,13H2,1H3. The minimum atomic E-state index is 0.279. The van der Waals surface area contributed by atoms with Crippen molar-refractivity contribution < 1.29 is 0 Å². The molecular formula is C12H15N3S. The van der Waals surface area contributed by atoms with Crippen LogP contribution in [-0.4, -0.2) is 4.98 Å². The fourth-order valence-corrected chi connectivity index (χ4v) is 2.18. The molecule has 84 valence electrons. The first-order valence-corrected chi connectivity index (χ1v) is 6.11. The van der Waals surface area contributed by atoms with Gasteiger partial charge in [0.2, 0.25) is 0 Å². The fourth-order valence-electron chi connectivity index (χ4n) is 1.51. The van der Waals surface area contributed by atoms with Crippen molar-refractivity contribution in [3.8, 4) is 0 Å². The van der Waals surface area contributed by atoms with Crippen molar-refractivity contribution >= 4 is 17.0 Å². The lowest BCUT2D eigenvalue weighted by Gasteiger charge is -2.11. The Morgan fingerprint density at radius 1 is 1.50 bits per heavy atom. The Morgan fingerprint density at radius 3 is 3.06 bits per heavy atom. The topological polar surface area (TPSA) is 50.9 Å². The number of nitrogens with zero attached hydrogens (tertiary/aromatic N) is 1. The lowest BCUT2D eigenvalue weighted by molar-refractivity contribution is 0.572. The number of rotatable bonds is 4. The highest BCUT2D eigenvalue weighted by molar-refractivity contribution is 7.09. The molecule has 0 aliphatic heterocycles. The highest BCUT2D eigenvalue weighted by Gasteiger charge is 2.06. The van der Waals surface area contributed by atoms with E-state index in [4.69, 9.17) is 5.73 Å². The van der Waals surface area contributed by atoms with Crippen LogP contribution in [0.5, 0.6) is 0 Å². The molecule has 1 aromatic heterocycles. The molecule has 0 aliphatic carbocycles. The average Bonchev–Trinajstić information content (AvgIpc) is 2.79. The van der Waals surface area contributed by atoms with E-state index >= 15 is 0 Å². The molecule has 0 saturated carbocycles. The Labute approximate surface area is 99.3 Å². The van der Waals surface area contributed by atoms with Crippen LogP contribution in [0.25, 0.3) is 0 Å². The van der Waals surface area contributed by atoms with E-state index in [1.807, 2.05) is 29.8 Å². The zero-order valence-electron chi connectivity index (χ0n) is 9.18. The molecule has 0 amide bonds. The van der Waals surface area contributed by atoms with Gasteiger partial charge in [-0.1, -0.05) is 12.1 Å². The maximum absolute atomic E-state index is 5.72. The summed E-state index contributed by atoms with van der Waals surface area (Å²) in [5.74, 6) is 0. The van der Waals surface area contributed by atoms with Gasteiger partial charge in [0, 0.05) is 23.8 Å². The number of aromatic nitrogens is 1. The van der Waals surface area contributed by atoms with Gasteiger partial charge in [0.1, 0.15) is 5.01 Å². The molecule has 3 N–H and O–H groups in total. The predicted octanol–water partition coefficient (Wildman–Crippen LogP) is 2.58. The molecule has 1 atom stereocenters. The second-order valence-corrected chi connectivity index (χ2v) is 4.64. The summed E-state index contributed by atoms with van der Waals surface area (Å²) in [6.07, 6.45) is 1.83. The van der Waals surface area contributed by atoms with Gasteiger partial charge < -0.3 is 11.1 Å².